The smallest absolute Gasteiger partial charge is 0.289 e. The summed E-state index contributed by atoms with van der Waals surface area (Å²) in [7, 11) is -3.85. The van der Waals surface area contributed by atoms with Crippen LogP contribution in [0.4, 0.5) is 5.69 Å². The molecule has 0 aromatic heterocycles. The Morgan fingerprint density at radius 1 is 1.25 bits per heavy atom. The third-order valence-electron chi connectivity index (χ3n) is 4.72. The van der Waals surface area contributed by atoms with Crippen molar-refractivity contribution in [3.63, 3.8) is 0 Å². The molecule has 2 heterocycles. The lowest BCUT2D eigenvalue weighted by Gasteiger charge is -2.32. The Morgan fingerprint density at radius 2 is 1.96 bits per heavy atom. The molecule has 0 spiro atoms. The summed E-state index contributed by atoms with van der Waals surface area (Å²) in [5.41, 5.74) is 0.321. The maximum Gasteiger partial charge on any atom is 0.289 e. The number of aryl methyl sites for hydroxylation is 1. The molecule has 1 aromatic carbocycles. The molecule has 0 bridgehead atoms. The first-order valence-electron chi connectivity index (χ1n) is 8.09. The minimum atomic E-state index is -3.85. The van der Waals surface area contributed by atoms with Gasteiger partial charge in [-0.1, -0.05) is 6.07 Å². The van der Waals surface area contributed by atoms with Gasteiger partial charge >= 0.3 is 0 Å². The number of nitro benzene ring substituents is 1. The zero-order valence-electron chi connectivity index (χ0n) is 13.6. The van der Waals surface area contributed by atoms with Crippen LogP contribution in [0.3, 0.4) is 0 Å². The summed E-state index contributed by atoms with van der Waals surface area (Å²) in [5.74, 6) is 0. The molecule has 9 heteroatoms. The number of sulfonamides is 1. The quantitative estimate of drug-likeness (QED) is 0.627. The molecule has 1 N–H and O–H groups in total. The van der Waals surface area contributed by atoms with E-state index in [9.17, 15) is 18.5 Å². The van der Waals surface area contributed by atoms with Crippen molar-refractivity contribution in [2.45, 2.75) is 24.3 Å². The van der Waals surface area contributed by atoms with Crippen molar-refractivity contribution in [3.8, 4) is 0 Å². The summed E-state index contributed by atoms with van der Waals surface area (Å²) in [5, 5.41) is 14.5. The molecule has 1 unspecified atom stereocenters. The van der Waals surface area contributed by atoms with Crippen LogP contribution in [0.25, 0.3) is 0 Å². The van der Waals surface area contributed by atoms with E-state index in [1.807, 2.05) is 0 Å². The van der Waals surface area contributed by atoms with Gasteiger partial charge in [-0.2, -0.15) is 4.31 Å². The highest BCUT2D eigenvalue weighted by Crippen LogP contribution is 2.30. The van der Waals surface area contributed by atoms with Gasteiger partial charge in [-0.05, 0) is 25.0 Å². The van der Waals surface area contributed by atoms with Gasteiger partial charge in [0.1, 0.15) is 0 Å². The van der Waals surface area contributed by atoms with Crippen LogP contribution in [0.1, 0.15) is 12.0 Å². The van der Waals surface area contributed by atoms with E-state index in [1.54, 1.807) is 13.0 Å². The average molecular weight is 354 g/mol. The Labute approximate surface area is 141 Å². The Hall–Kier alpha value is -1.55. The van der Waals surface area contributed by atoms with E-state index in [2.05, 4.69) is 10.2 Å². The molecule has 0 saturated carbocycles. The van der Waals surface area contributed by atoms with Crippen LogP contribution in [0.5, 0.6) is 0 Å². The molecule has 0 amide bonds. The number of hydrogen-bond donors (Lipinski definition) is 1. The van der Waals surface area contributed by atoms with Crippen LogP contribution in [0.2, 0.25) is 0 Å². The maximum absolute atomic E-state index is 12.9. The maximum atomic E-state index is 12.9. The van der Waals surface area contributed by atoms with Crippen LogP contribution in [-0.2, 0) is 10.0 Å². The van der Waals surface area contributed by atoms with Crippen molar-refractivity contribution in [1.82, 2.24) is 14.5 Å². The van der Waals surface area contributed by atoms with Crippen molar-refractivity contribution in [2.75, 3.05) is 39.3 Å². The summed E-state index contributed by atoms with van der Waals surface area (Å²) in [6.45, 7) is 6.14. The van der Waals surface area contributed by atoms with Crippen LogP contribution in [0.15, 0.2) is 23.1 Å². The number of benzene rings is 1. The normalized spacial score (nSPS) is 23.5. The SMILES string of the molecule is Cc1ccc(S(=O)(=O)N2CCC(N3CCNCC3)C2)c([N+](=O)[O-])c1. The van der Waals surface area contributed by atoms with Crippen LogP contribution in [0, 0.1) is 17.0 Å². The van der Waals surface area contributed by atoms with Crippen LogP contribution in [-0.4, -0.2) is 67.9 Å². The number of nitrogens with one attached hydrogen (secondary N) is 1. The zero-order valence-corrected chi connectivity index (χ0v) is 14.5. The Morgan fingerprint density at radius 3 is 2.62 bits per heavy atom. The van der Waals surface area contributed by atoms with E-state index < -0.39 is 14.9 Å². The third kappa shape index (κ3) is 3.30. The molecule has 8 nitrogen and oxygen atoms in total. The minimum Gasteiger partial charge on any atom is -0.314 e. The summed E-state index contributed by atoms with van der Waals surface area (Å²) in [6.07, 6.45) is 0.763. The number of rotatable bonds is 4. The lowest BCUT2D eigenvalue weighted by Crippen LogP contribution is -2.49. The van der Waals surface area contributed by atoms with Gasteiger partial charge in [0.15, 0.2) is 4.90 Å². The Bertz CT molecular complexity index is 731. The topological polar surface area (TPSA) is 95.8 Å². The molecule has 1 aromatic rings. The van der Waals surface area contributed by atoms with E-state index in [4.69, 9.17) is 0 Å². The molecule has 2 aliphatic heterocycles. The van der Waals surface area contributed by atoms with Crippen molar-refractivity contribution in [1.29, 1.82) is 0 Å². The predicted octanol–water partition coefficient (Wildman–Crippen LogP) is 0.571. The first-order chi connectivity index (χ1) is 11.4. The lowest BCUT2D eigenvalue weighted by molar-refractivity contribution is -0.387. The molecule has 3 rings (SSSR count). The van der Waals surface area contributed by atoms with Crippen molar-refractivity contribution in [2.24, 2.45) is 0 Å². The second kappa shape index (κ2) is 6.75. The van der Waals surface area contributed by atoms with Gasteiger partial charge in [0.25, 0.3) is 5.69 Å². The molecular formula is C15H22N4O4S. The average Bonchev–Trinajstić information content (AvgIpc) is 3.06. The monoisotopic (exact) mass is 354 g/mol. The van der Waals surface area contributed by atoms with E-state index in [-0.39, 0.29) is 16.6 Å². The second-order valence-electron chi connectivity index (χ2n) is 6.32. The summed E-state index contributed by atoms with van der Waals surface area (Å²) in [6, 6.07) is 4.45. The molecular weight excluding hydrogens is 332 g/mol. The third-order valence-corrected chi connectivity index (χ3v) is 6.64. The van der Waals surface area contributed by atoms with E-state index in [0.29, 0.717) is 18.7 Å². The standard InChI is InChI=1S/C15H22N4O4S/c1-12-2-3-15(14(10-12)19(20)21)24(22,23)18-7-4-13(11-18)17-8-5-16-6-9-17/h2-3,10,13,16H,4-9,11H2,1H3. The van der Waals surface area contributed by atoms with E-state index >= 15 is 0 Å². The van der Waals surface area contributed by atoms with Crippen molar-refractivity contribution < 1.29 is 13.3 Å². The van der Waals surface area contributed by atoms with E-state index in [0.717, 1.165) is 32.6 Å². The number of piperazine rings is 1. The molecule has 0 radical (unpaired) electrons. The first kappa shape index (κ1) is 17.3. The minimum absolute atomic E-state index is 0.186. The van der Waals surface area contributed by atoms with Crippen LogP contribution < -0.4 is 5.32 Å². The highest BCUT2D eigenvalue weighted by Gasteiger charge is 2.38. The second-order valence-corrected chi connectivity index (χ2v) is 8.23. The fourth-order valence-electron chi connectivity index (χ4n) is 3.40. The summed E-state index contributed by atoms with van der Waals surface area (Å²) >= 11 is 0. The Balaban J connectivity index is 1.83. The number of nitrogens with zero attached hydrogens (tertiary/aromatic N) is 3. The molecule has 2 fully saturated rings. The van der Waals surface area contributed by atoms with Crippen LogP contribution >= 0.6 is 0 Å². The highest BCUT2D eigenvalue weighted by molar-refractivity contribution is 7.89. The highest BCUT2D eigenvalue weighted by atomic mass is 32.2. The van der Waals surface area contributed by atoms with Crippen molar-refractivity contribution in [3.05, 3.63) is 33.9 Å². The van der Waals surface area contributed by atoms with Gasteiger partial charge in [-0.3, -0.25) is 15.0 Å². The first-order valence-corrected chi connectivity index (χ1v) is 9.53. The molecule has 0 aliphatic carbocycles. The van der Waals surface area contributed by atoms with Gasteiger partial charge in [0.2, 0.25) is 10.0 Å². The fourth-order valence-corrected chi connectivity index (χ4v) is 5.03. The molecule has 2 aliphatic rings. The molecule has 132 valence electrons. The van der Waals surface area contributed by atoms with E-state index in [1.165, 1.54) is 16.4 Å². The predicted molar refractivity (Wildman–Crippen MR) is 89.4 cm³/mol. The number of hydrogen-bond acceptors (Lipinski definition) is 6. The molecule has 2 saturated heterocycles. The Kier molecular flexibility index (Phi) is 4.86. The van der Waals surface area contributed by atoms with Gasteiger partial charge in [-0.25, -0.2) is 8.42 Å². The molecule has 24 heavy (non-hydrogen) atoms. The van der Waals surface area contributed by atoms with Gasteiger partial charge in [-0.15, -0.1) is 0 Å². The van der Waals surface area contributed by atoms with Gasteiger partial charge < -0.3 is 5.32 Å². The van der Waals surface area contributed by atoms with Gasteiger partial charge in [0, 0.05) is 51.4 Å². The van der Waals surface area contributed by atoms with Crippen molar-refractivity contribution >= 4 is 15.7 Å². The summed E-state index contributed by atoms with van der Waals surface area (Å²) in [4.78, 5) is 12.7. The lowest BCUT2D eigenvalue weighted by atomic mass is 10.2. The largest absolute Gasteiger partial charge is 0.314 e. The number of nitro groups is 1. The van der Waals surface area contributed by atoms with Gasteiger partial charge in [0.05, 0.1) is 4.92 Å². The molecule has 1 atom stereocenters. The zero-order chi connectivity index (χ0) is 17.3. The fraction of sp³-hybridized carbons (Fsp3) is 0.600. The summed E-state index contributed by atoms with van der Waals surface area (Å²) < 4.78 is 27.2.